The van der Waals surface area contributed by atoms with Crippen molar-refractivity contribution < 1.29 is 9.47 Å². The Bertz CT molecular complexity index is 591. The second-order valence-corrected chi connectivity index (χ2v) is 4.80. The van der Waals surface area contributed by atoms with E-state index in [4.69, 9.17) is 15.2 Å². The van der Waals surface area contributed by atoms with Crippen molar-refractivity contribution in [3.05, 3.63) is 24.5 Å². The van der Waals surface area contributed by atoms with Gasteiger partial charge in [0.2, 0.25) is 5.88 Å². The molecule has 1 aliphatic heterocycles. The average molecular weight is 274 g/mol. The van der Waals surface area contributed by atoms with E-state index >= 15 is 0 Å². The molecule has 0 unspecified atom stereocenters. The van der Waals surface area contributed by atoms with Gasteiger partial charge in [0.05, 0.1) is 18.5 Å². The second kappa shape index (κ2) is 5.50. The van der Waals surface area contributed by atoms with Crippen LogP contribution in [0.2, 0.25) is 0 Å². The molecule has 0 aliphatic carbocycles. The first-order chi connectivity index (χ1) is 9.79. The molecule has 1 atom stereocenters. The highest BCUT2D eigenvalue weighted by Crippen LogP contribution is 2.30. The Labute approximate surface area is 117 Å². The zero-order valence-electron chi connectivity index (χ0n) is 11.5. The molecular weight excluding hydrogens is 256 g/mol. The molecule has 1 fully saturated rings. The molecule has 3 rings (SSSR count). The highest BCUT2D eigenvalue weighted by molar-refractivity contribution is 5.65. The number of nitrogen functional groups attached to an aromatic ring is 1. The van der Waals surface area contributed by atoms with E-state index in [9.17, 15) is 0 Å². The first-order valence-electron chi connectivity index (χ1n) is 6.74. The molecule has 6 heteroatoms. The van der Waals surface area contributed by atoms with Gasteiger partial charge >= 0.3 is 0 Å². The summed E-state index contributed by atoms with van der Waals surface area (Å²) in [4.78, 5) is 4.21. The Morgan fingerprint density at radius 2 is 2.35 bits per heavy atom. The van der Waals surface area contributed by atoms with Crippen LogP contribution in [-0.4, -0.2) is 28.5 Å². The molecule has 20 heavy (non-hydrogen) atoms. The molecule has 3 heterocycles. The Hall–Kier alpha value is -2.08. The Morgan fingerprint density at radius 3 is 3.05 bits per heavy atom. The van der Waals surface area contributed by atoms with Gasteiger partial charge in [-0.05, 0) is 31.4 Å². The number of methoxy groups -OCH3 is 1. The van der Waals surface area contributed by atoms with Crippen LogP contribution in [0.3, 0.4) is 0 Å². The first-order valence-corrected chi connectivity index (χ1v) is 6.74. The normalized spacial score (nSPS) is 18.9. The van der Waals surface area contributed by atoms with Gasteiger partial charge in [0.25, 0.3) is 0 Å². The summed E-state index contributed by atoms with van der Waals surface area (Å²) in [5.41, 5.74) is 8.30. The van der Waals surface area contributed by atoms with Crippen LogP contribution in [0.1, 0.15) is 25.5 Å². The summed E-state index contributed by atoms with van der Waals surface area (Å²) in [6.07, 6.45) is 6.77. The van der Waals surface area contributed by atoms with Crippen LogP contribution in [0.4, 0.5) is 5.69 Å². The average Bonchev–Trinajstić information content (AvgIpc) is 2.97. The molecular formula is C14H18N4O2. The van der Waals surface area contributed by atoms with E-state index in [1.165, 1.54) is 0 Å². The second-order valence-electron chi connectivity index (χ2n) is 4.80. The number of aromatic nitrogens is 3. The van der Waals surface area contributed by atoms with E-state index < -0.39 is 0 Å². The maximum atomic E-state index is 5.92. The Balaban J connectivity index is 1.94. The molecule has 0 spiro atoms. The standard InChI is InChI=1S/C14H18N4O2/c1-19-14-11(15)8-10(9-16-14)12-5-6-17-18(12)13-4-2-3-7-20-13/h5-6,8-9,13H,2-4,7,15H2,1H3/t13-/m0/s1. The number of hydrogen-bond donors (Lipinski definition) is 1. The number of hydrogen-bond acceptors (Lipinski definition) is 5. The third-order valence-corrected chi connectivity index (χ3v) is 3.47. The van der Waals surface area contributed by atoms with Gasteiger partial charge in [-0.1, -0.05) is 0 Å². The molecule has 0 bridgehead atoms. The fraction of sp³-hybridized carbons (Fsp3) is 0.429. The molecule has 1 saturated heterocycles. The third kappa shape index (κ3) is 2.34. The number of pyridine rings is 1. The van der Waals surface area contributed by atoms with E-state index in [1.54, 1.807) is 19.5 Å². The quantitative estimate of drug-likeness (QED) is 0.929. The van der Waals surface area contributed by atoms with Crippen LogP contribution < -0.4 is 10.5 Å². The molecule has 0 radical (unpaired) electrons. The Morgan fingerprint density at radius 1 is 1.45 bits per heavy atom. The predicted octanol–water partition coefficient (Wildman–Crippen LogP) is 2.23. The van der Waals surface area contributed by atoms with Gasteiger partial charge in [-0.2, -0.15) is 5.10 Å². The lowest BCUT2D eigenvalue weighted by Gasteiger charge is -2.24. The number of ether oxygens (including phenoxy) is 2. The predicted molar refractivity (Wildman–Crippen MR) is 75.3 cm³/mol. The first kappa shape index (κ1) is 12.9. The van der Waals surface area contributed by atoms with Crippen LogP contribution in [0.5, 0.6) is 5.88 Å². The minimum atomic E-state index is -0.00271. The summed E-state index contributed by atoms with van der Waals surface area (Å²) in [5.74, 6) is 0.439. The smallest absolute Gasteiger partial charge is 0.236 e. The lowest BCUT2D eigenvalue weighted by Crippen LogP contribution is -2.19. The van der Waals surface area contributed by atoms with Gasteiger partial charge in [-0.25, -0.2) is 9.67 Å². The monoisotopic (exact) mass is 274 g/mol. The number of nitrogens with zero attached hydrogens (tertiary/aromatic N) is 3. The molecule has 2 aromatic rings. The zero-order valence-corrected chi connectivity index (χ0v) is 11.5. The van der Waals surface area contributed by atoms with Crippen molar-refractivity contribution in [1.29, 1.82) is 0 Å². The molecule has 0 saturated carbocycles. The van der Waals surface area contributed by atoms with Crippen LogP contribution in [0.15, 0.2) is 24.5 Å². The van der Waals surface area contributed by atoms with Crippen molar-refractivity contribution in [1.82, 2.24) is 14.8 Å². The van der Waals surface area contributed by atoms with Crippen LogP contribution in [0, 0.1) is 0 Å². The summed E-state index contributed by atoms with van der Waals surface area (Å²) in [6.45, 7) is 0.785. The van der Waals surface area contributed by atoms with Crippen molar-refractivity contribution in [2.75, 3.05) is 19.5 Å². The van der Waals surface area contributed by atoms with Crippen LogP contribution in [-0.2, 0) is 4.74 Å². The SMILES string of the molecule is COc1ncc(-c2ccnn2[C@@H]2CCCCO2)cc1N. The van der Waals surface area contributed by atoms with Gasteiger partial charge in [-0.3, -0.25) is 0 Å². The van der Waals surface area contributed by atoms with Gasteiger partial charge < -0.3 is 15.2 Å². The van der Waals surface area contributed by atoms with Gasteiger partial charge in [0.15, 0.2) is 6.23 Å². The number of rotatable bonds is 3. The molecule has 2 aromatic heterocycles. The summed E-state index contributed by atoms with van der Waals surface area (Å²) in [5, 5.41) is 4.38. The third-order valence-electron chi connectivity index (χ3n) is 3.47. The van der Waals surface area contributed by atoms with E-state index in [-0.39, 0.29) is 6.23 Å². The topological polar surface area (TPSA) is 75.2 Å². The highest BCUT2D eigenvalue weighted by Gasteiger charge is 2.20. The lowest BCUT2D eigenvalue weighted by molar-refractivity contribution is -0.0383. The largest absolute Gasteiger partial charge is 0.480 e. The fourth-order valence-corrected chi connectivity index (χ4v) is 2.47. The maximum absolute atomic E-state index is 5.92. The summed E-state index contributed by atoms with van der Waals surface area (Å²) < 4.78 is 12.8. The minimum Gasteiger partial charge on any atom is -0.480 e. The summed E-state index contributed by atoms with van der Waals surface area (Å²) in [7, 11) is 1.55. The van der Waals surface area contributed by atoms with Crippen molar-refractivity contribution in [3.63, 3.8) is 0 Å². The summed E-state index contributed by atoms with van der Waals surface area (Å²) in [6, 6.07) is 3.79. The van der Waals surface area contributed by atoms with Gasteiger partial charge in [0, 0.05) is 24.6 Å². The fourth-order valence-electron chi connectivity index (χ4n) is 2.47. The van der Waals surface area contributed by atoms with Crippen molar-refractivity contribution in [2.45, 2.75) is 25.5 Å². The minimum absolute atomic E-state index is 0.00271. The van der Waals surface area contributed by atoms with Crippen molar-refractivity contribution >= 4 is 5.69 Å². The molecule has 1 aliphatic rings. The molecule has 6 nitrogen and oxygen atoms in total. The van der Waals surface area contributed by atoms with Crippen molar-refractivity contribution in [2.24, 2.45) is 0 Å². The van der Waals surface area contributed by atoms with Gasteiger partial charge in [0.1, 0.15) is 0 Å². The maximum Gasteiger partial charge on any atom is 0.236 e. The van der Waals surface area contributed by atoms with Gasteiger partial charge in [-0.15, -0.1) is 0 Å². The lowest BCUT2D eigenvalue weighted by atomic mass is 10.1. The molecule has 2 N–H and O–H groups in total. The van der Waals surface area contributed by atoms with E-state index in [0.29, 0.717) is 11.6 Å². The Kier molecular flexibility index (Phi) is 3.56. The van der Waals surface area contributed by atoms with E-state index in [1.807, 2.05) is 16.8 Å². The summed E-state index contributed by atoms with van der Waals surface area (Å²) >= 11 is 0. The van der Waals surface area contributed by atoms with Crippen molar-refractivity contribution in [3.8, 4) is 17.1 Å². The van der Waals surface area contributed by atoms with E-state index in [0.717, 1.165) is 37.1 Å². The van der Waals surface area contributed by atoms with Crippen LogP contribution >= 0.6 is 0 Å². The number of anilines is 1. The molecule has 106 valence electrons. The zero-order chi connectivity index (χ0) is 13.9. The number of nitrogens with two attached hydrogens (primary N) is 1. The molecule has 0 amide bonds. The molecule has 0 aromatic carbocycles. The van der Waals surface area contributed by atoms with E-state index in [2.05, 4.69) is 10.1 Å². The highest BCUT2D eigenvalue weighted by atomic mass is 16.5. The van der Waals surface area contributed by atoms with Crippen LogP contribution in [0.25, 0.3) is 11.3 Å².